The summed E-state index contributed by atoms with van der Waals surface area (Å²) < 4.78 is 13.4. The summed E-state index contributed by atoms with van der Waals surface area (Å²) in [6.45, 7) is 0. The van der Waals surface area contributed by atoms with Crippen molar-refractivity contribution in [3.05, 3.63) is 34.1 Å². The molecule has 1 unspecified atom stereocenters. The molecule has 0 aromatic heterocycles. The number of benzene rings is 1. The number of nitrogens with two attached hydrogens (primary N) is 1. The molecule has 0 aliphatic carbocycles. The molecule has 0 heterocycles. The van der Waals surface area contributed by atoms with Gasteiger partial charge in [-0.1, -0.05) is 6.07 Å². The van der Waals surface area contributed by atoms with Gasteiger partial charge in [-0.25, -0.2) is 4.39 Å². The minimum absolute atomic E-state index is 0.0475. The largest absolute Gasteiger partial charge is 0.319 e. The minimum Gasteiger partial charge on any atom is -0.319 e. The number of anilines is 1. The van der Waals surface area contributed by atoms with Crippen molar-refractivity contribution in [2.75, 3.05) is 5.32 Å². The lowest BCUT2D eigenvalue weighted by molar-refractivity contribution is -0.384. The second kappa shape index (κ2) is 5.75. The Morgan fingerprint density at radius 3 is 2.89 bits per heavy atom. The number of carbonyl (C=O) groups excluding carboxylic acids is 1. The third kappa shape index (κ3) is 3.02. The van der Waals surface area contributed by atoms with Gasteiger partial charge in [-0.3, -0.25) is 14.9 Å². The van der Waals surface area contributed by atoms with Crippen molar-refractivity contribution in [3.63, 3.8) is 0 Å². The zero-order valence-electron chi connectivity index (χ0n) is 9.22. The molecule has 18 heavy (non-hydrogen) atoms. The molecule has 1 rings (SSSR count). The van der Waals surface area contributed by atoms with E-state index in [-0.39, 0.29) is 6.42 Å². The fourth-order valence-electron chi connectivity index (χ4n) is 1.22. The molecule has 1 atom stereocenters. The first kappa shape index (κ1) is 13.6. The van der Waals surface area contributed by atoms with Gasteiger partial charge in [0.2, 0.25) is 5.91 Å². The van der Waals surface area contributed by atoms with Crippen LogP contribution in [0, 0.1) is 28.3 Å². The number of nitro groups is 1. The van der Waals surface area contributed by atoms with E-state index in [9.17, 15) is 19.3 Å². The summed E-state index contributed by atoms with van der Waals surface area (Å²) in [5.41, 5.74) is 4.35. The zero-order chi connectivity index (χ0) is 13.7. The second-order valence-electron chi connectivity index (χ2n) is 3.40. The van der Waals surface area contributed by atoms with E-state index in [0.29, 0.717) is 0 Å². The van der Waals surface area contributed by atoms with Gasteiger partial charge in [-0.2, -0.15) is 0 Å². The Labute approximate surface area is 102 Å². The molecule has 6 nitrogen and oxygen atoms in total. The summed E-state index contributed by atoms with van der Waals surface area (Å²) in [5.74, 6) is 0.484. The zero-order valence-corrected chi connectivity index (χ0v) is 9.22. The number of halogens is 1. The lowest BCUT2D eigenvalue weighted by atomic mass is 10.2. The first-order valence-corrected chi connectivity index (χ1v) is 4.90. The first-order chi connectivity index (χ1) is 8.47. The number of amides is 1. The van der Waals surface area contributed by atoms with Crippen molar-refractivity contribution in [2.45, 2.75) is 12.5 Å². The van der Waals surface area contributed by atoms with Gasteiger partial charge in [0.25, 0.3) is 5.69 Å². The van der Waals surface area contributed by atoms with Gasteiger partial charge in [0, 0.05) is 12.5 Å². The number of terminal acetylenes is 1. The Balaban J connectivity index is 3.01. The van der Waals surface area contributed by atoms with Gasteiger partial charge in [0.05, 0.1) is 11.0 Å². The van der Waals surface area contributed by atoms with E-state index in [0.717, 1.165) is 12.1 Å². The molecular formula is C11H10FN3O3. The summed E-state index contributed by atoms with van der Waals surface area (Å²) in [7, 11) is 0. The molecule has 0 aliphatic heterocycles. The predicted molar refractivity (Wildman–Crippen MR) is 63.1 cm³/mol. The number of nitrogens with one attached hydrogen (secondary N) is 1. The molecular weight excluding hydrogens is 241 g/mol. The number of para-hydroxylation sites is 1. The average Bonchev–Trinajstić information content (AvgIpc) is 2.31. The molecule has 0 aliphatic rings. The predicted octanol–water partition coefficient (Wildman–Crippen LogP) is 1.02. The highest BCUT2D eigenvalue weighted by molar-refractivity contribution is 5.96. The molecule has 0 saturated heterocycles. The van der Waals surface area contributed by atoms with Crippen molar-refractivity contribution in [2.24, 2.45) is 5.73 Å². The monoisotopic (exact) mass is 251 g/mol. The number of nitrogens with zero attached hydrogens (tertiary/aromatic N) is 1. The van der Waals surface area contributed by atoms with Gasteiger partial charge in [-0.05, 0) is 6.07 Å². The summed E-state index contributed by atoms with van der Waals surface area (Å²) in [5, 5.41) is 12.7. The topological polar surface area (TPSA) is 98.3 Å². The van der Waals surface area contributed by atoms with Crippen LogP contribution in [0.5, 0.6) is 0 Å². The molecule has 0 saturated carbocycles. The van der Waals surface area contributed by atoms with Gasteiger partial charge < -0.3 is 11.1 Å². The Bertz CT molecular complexity index is 525. The van der Waals surface area contributed by atoms with Crippen LogP contribution in [0.3, 0.4) is 0 Å². The highest BCUT2D eigenvalue weighted by atomic mass is 19.1. The van der Waals surface area contributed by atoms with E-state index < -0.39 is 34.1 Å². The second-order valence-corrected chi connectivity index (χ2v) is 3.40. The highest BCUT2D eigenvalue weighted by Crippen LogP contribution is 2.26. The van der Waals surface area contributed by atoms with Crippen LogP contribution in [0.2, 0.25) is 0 Å². The van der Waals surface area contributed by atoms with Gasteiger partial charge in [0.15, 0.2) is 11.5 Å². The van der Waals surface area contributed by atoms with Crippen LogP contribution in [0.15, 0.2) is 18.2 Å². The maximum atomic E-state index is 13.4. The number of hydrogen-bond donors (Lipinski definition) is 2. The van der Waals surface area contributed by atoms with E-state index in [2.05, 4.69) is 11.2 Å². The van der Waals surface area contributed by atoms with E-state index in [1.165, 1.54) is 6.07 Å². The first-order valence-electron chi connectivity index (χ1n) is 4.90. The van der Waals surface area contributed by atoms with Crippen molar-refractivity contribution in [1.82, 2.24) is 0 Å². The number of nitro benzene ring substituents is 1. The van der Waals surface area contributed by atoms with Crippen LogP contribution in [-0.4, -0.2) is 16.9 Å². The lowest BCUT2D eigenvalue weighted by Crippen LogP contribution is -2.35. The normalized spacial score (nSPS) is 11.4. The summed E-state index contributed by atoms with van der Waals surface area (Å²) in [4.78, 5) is 21.4. The molecule has 1 aromatic carbocycles. The van der Waals surface area contributed by atoms with E-state index in [4.69, 9.17) is 12.2 Å². The average molecular weight is 251 g/mol. The van der Waals surface area contributed by atoms with Crippen LogP contribution in [-0.2, 0) is 4.79 Å². The van der Waals surface area contributed by atoms with Crippen LogP contribution >= 0.6 is 0 Å². The molecule has 0 spiro atoms. The maximum Gasteiger partial charge on any atom is 0.295 e. The Morgan fingerprint density at radius 2 is 2.33 bits per heavy atom. The summed E-state index contributed by atoms with van der Waals surface area (Å²) in [6, 6.07) is 2.19. The third-order valence-corrected chi connectivity index (χ3v) is 2.11. The molecule has 94 valence electrons. The number of hydrogen-bond acceptors (Lipinski definition) is 4. The third-order valence-electron chi connectivity index (χ3n) is 2.11. The van der Waals surface area contributed by atoms with Crippen LogP contribution in [0.1, 0.15) is 6.42 Å². The van der Waals surface area contributed by atoms with E-state index in [1.54, 1.807) is 0 Å². The van der Waals surface area contributed by atoms with E-state index in [1.807, 2.05) is 0 Å². The molecule has 7 heteroatoms. The Morgan fingerprint density at radius 1 is 1.67 bits per heavy atom. The quantitative estimate of drug-likeness (QED) is 0.474. The lowest BCUT2D eigenvalue weighted by Gasteiger charge is -2.10. The minimum atomic E-state index is -1.05. The number of carbonyl (C=O) groups is 1. The van der Waals surface area contributed by atoms with Gasteiger partial charge in [-0.15, -0.1) is 12.3 Å². The molecule has 3 N–H and O–H groups in total. The molecule has 0 radical (unpaired) electrons. The van der Waals surface area contributed by atoms with Gasteiger partial charge in [0.1, 0.15) is 0 Å². The molecule has 1 aromatic rings. The molecule has 1 amide bonds. The fourth-order valence-corrected chi connectivity index (χ4v) is 1.22. The standard InChI is InChI=1S/C11H10FN3O3/c1-2-4-8(13)11(16)14-10-7(12)5-3-6-9(10)15(17)18/h1,3,5-6,8H,4,13H2,(H,14,16). The van der Waals surface area contributed by atoms with Crippen LogP contribution in [0.25, 0.3) is 0 Å². The van der Waals surface area contributed by atoms with Gasteiger partial charge >= 0.3 is 0 Å². The van der Waals surface area contributed by atoms with Crippen LogP contribution < -0.4 is 11.1 Å². The van der Waals surface area contributed by atoms with Crippen molar-refractivity contribution < 1.29 is 14.1 Å². The SMILES string of the molecule is C#CCC(N)C(=O)Nc1c(F)cccc1[N+](=O)[O-]. The summed E-state index contributed by atoms with van der Waals surface area (Å²) >= 11 is 0. The van der Waals surface area contributed by atoms with E-state index >= 15 is 0 Å². The van der Waals surface area contributed by atoms with Crippen LogP contribution in [0.4, 0.5) is 15.8 Å². The van der Waals surface area contributed by atoms with Crippen molar-refractivity contribution in [3.8, 4) is 12.3 Å². The van der Waals surface area contributed by atoms with Crippen molar-refractivity contribution in [1.29, 1.82) is 0 Å². The smallest absolute Gasteiger partial charge is 0.295 e. The Hall–Kier alpha value is -2.46. The van der Waals surface area contributed by atoms with Crippen molar-refractivity contribution >= 4 is 17.3 Å². The fraction of sp³-hybridized carbons (Fsp3) is 0.182. The Kier molecular flexibility index (Phi) is 4.34. The molecule has 0 fully saturated rings. The number of rotatable bonds is 4. The molecule has 0 bridgehead atoms. The highest BCUT2D eigenvalue weighted by Gasteiger charge is 2.22. The maximum absolute atomic E-state index is 13.4. The summed E-state index contributed by atoms with van der Waals surface area (Å²) in [6.07, 6.45) is 4.93.